The van der Waals surface area contributed by atoms with Gasteiger partial charge in [0.1, 0.15) is 5.82 Å². The van der Waals surface area contributed by atoms with E-state index in [2.05, 4.69) is 15.0 Å². The van der Waals surface area contributed by atoms with Crippen LogP contribution in [0.15, 0.2) is 88.8 Å². The number of carbonyl (C=O) groups is 1. The van der Waals surface area contributed by atoms with Crippen molar-refractivity contribution in [2.75, 3.05) is 15.8 Å². The summed E-state index contributed by atoms with van der Waals surface area (Å²) in [5.41, 5.74) is 0.533. The van der Waals surface area contributed by atoms with E-state index >= 15 is 0 Å². The molecule has 1 amide bonds. The molecule has 6 nitrogen and oxygen atoms in total. The number of amides is 1. The molecule has 0 unspecified atom stereocenters. The van der Waals surface area contributed by atoms with E-state index in [4.69, 9.17) is 0 Å². The Bertz CT molecular complexity index is 993. The first-order valence-electron chi connectivity index (χ1n) is 8.04. The van der Waals surface area contributed by atoms with Gasteiger partial charge in [0, 0.05) is 16.8 Å². The van der Waals surface area contributed by atoms with Crippen molar-refractivity contribution < 1.29 is 13.2 Å². The van der Waals surface area contributed by atoms with Gasteiger partial charge in [0.15, 0.2) is 0 Å². The summed E-state index contributed by atoms with van der Waals surface area (Å²) in [7, 11) is -3.73. The van der Waals surface area contributed by atoms with Crippen LogP contribution in [0.1, 0.15) is 0 Å². The Labute approximate surface area is 162 Å². The number of carbonyl (C=O) groups excluding carboxylic acids is 1. The maximum Gasteiger partial charge on any atom is 0.263 e. The Kier molecular flexibility index (Phi) is 6.10. The molecule has 0 aliphatic carbocycles. The zero-order chi connectivity index (χ0) is 19.1. The first-order chi connectivity index (χ1) is 13.0. The SMILES string of the molecule is O=C(CSc1ccccc1)Nc1ccc(S(=O)(=O)Nc2ccccn2)cc1. The summed E-state index contributed by atoms with van der Waals surface area (Å²) in [5, 5.41) is 2.75. The van der Waals surface area contributed by atoms with Crippen LogP contribution >= 0.6 is 11.8 Å². The third-order valence-electron chi connectivity index (χ3n) is 3.47. The fourth-order valence-electron chi connectivity index (χ4n) is 2.20. The number of aromatic nitrogens is 1. The van der Waals surface area contributed by atoms with Crippen LogP contribution in [-0.4, -0.2) is 25.1 Å². The maximum atomic E-state index is 12.4. The number of anilines is 2. The number of nitrogens with one attached hydrogen (secondary N) is 2. The van der Waals surface area contributed by atoms with E-state index in [1.54, 1.807) is 30.3 Å². The highest BCUT2D eigenvalue weighted by Crippen LogP contribution is 2.19. The van der Waals surface area contributed by atoms with Gasteiger partial charge in [0.25, 0.3) is 10.0 Å². The monoisotopic (exact) mass is 399 g/mol. The van der Waals surface area contributed by atoms with E-state index in [-0.39, 0.29) is 22.4 Å². The van der Waals surface area contributed by atoms with Crippen LogP contribution in [0.2, 0.25) is 0 Å². The lowest BCUT2D eigenvalue weighted by atomic mass is 10.3. The van der Waals surface area contributed by atoms with Gasteiger partial charge < -0.3 is 5.32 Å². The Morgan fingerprint density at radius 1 is 0.926 bits per heavy atom. The molecular weight excluding hydrogens is 382 g/mol. The van der Waals surface area contributed by atoms with Crippen LogP contribution in [0.4, 0.5) is 11.5 Å². The second kappa shape index (κ2) is 8.70. The van der Waals surface area contributed by atoms with Gasteiger partial charge in [0.05, 0.1) is 10.6 Å². The average Bonchev–Trinajstić information content (AvgIpc) is 2.68. The van der Waals surface area contributed by atoms with Crippen molar-refractivity contribution in [3.63, 3.8) is 0 Å². The third kappa shape index (κ3) is 5.57. The lowest BCUT2D eigenvalue weighted by Crippen LogP contribution is -2.15. The number of hydrogen-bond donors (Lipinski definition) is 2. The molecule has 27 heavy (non-hydrogen) atoms. The van der Waals surface area contributed by atoms with Crippen LogP contribution < -0.4 is 10.0 Å². The molecule has 0 radical (unpaired) electrons. The van der Waals surface area contributed by atoms with Crippen molar-refractivity contribution >= 4 is 39.2 Å². The number of rotatable bonds is 7. The number of hydrogen-bond acceptors (Lipinski definition) is 5. The normalized spacial score (nSPS) is 11.0. The molecule has 0 saturated carbocycles. The van der Waals surface area contributed by atoms with Crippen LogP contribution in [0.25, 0.3) is 0 Å². The van der Waals surface area contributed by atoms with Gasteiger partial charge in [-0.1, -0.05) is 24.3 Å². The molecule has 2 aromatic carbocycles. The molecule has 0 fully saturated rings. The number of pyridine rings is 1. The molecule has 8 heteroatoms. The van der Waals surface area contributed by atoms with Crippen molar-refractivity contribution in [3.8, 4) is 0 Å². The molecular formula is C19H17N3O3S2. The van der Waals surface area contributed by atoms with Gasteiger partial charge in [-0.15, -0.1) is 11.8 Å². The predicted molar refractivity (Wildman–Crippen MR) is 107 cm³/mol. The average molecular weight is 399 g/mol. The van der Waals surface area contributed by atoms with Crippen LogP contribution in [0, 0.1) is 0 Å². The van der Waals surface area contributed by atoms with Gasteiger partial charge in [-0.3, -0.25) is 9.52 Å². The van der Waals surface area contributed by atoms with Crippen molar-refractivity contribution in [1.29, 1.82) is 0 Å². The number of thioether (sulfide) groups is 1. The zero-order valence-electron chi connectivity index (χ0n) is 14.2. The van der Waals surface area contributed by atoms with Gasteiger partial charge in [-0.25, -0.2) is 13.4 Å². The fraction of sp³-hybridized carbons (Fsp3) is 0.0526. The summed E-state index contributed by atoms with van der Waals surface area (Å²) in [5.74, 6) is 0.351. The lowest BCUT2D eigenvalue weighted by molar-refractivity contribution is -0.113. The molecule has 0 bridgehead atoms. The minimum atomic E-state index is -3.73. The molecule has 1 heterocycles. The number of sulfonamides is 1. The molecule has 0 aliphatic rings. The summed E-state index contributed by atoms with van der Waals surface area (Å²) >= 11 is 1.43. The molecule has 0 atom stereocenters. The van der Waals surface area contributed by atoms with E-state index in [0.29, 0.717) is 5.69 Å². The first-order valence-corrected chi connectivity index (χ1v) is 10.5. The topological polar surface area (TPSA) is 88.2 Å². The van der Waals surface area contributed by atoms with Crippen LogP contribution in [0.5, 0.6) is 0 Å². The van der Waals surface area contributed by atoms with Gasteiger partial charge in [0.2, 0.25) is 5.91 Å². The van der Waals surface area contributed by atoms with E-state index in [9.17, 15) is 13.2 Å². The summed E-state index contributed by atoms with van der Waals surface area (Å²) in [4.78, 5) is 17.1. The summed E-state index contributed by atoms with van der Waals surface area (Å²) in [6, 6.07) is 20.6. The second-order valence-electron chi connectivity index (χ2n) is 5.49. The van der Waals surface area contributed by atoms with E-state index < -0.39 is 10.0 Å². The summed E-state index contributed by atoms with van der Waals surface area (Å²) < 4.78 is 27.1. The van der Waals surface area contributed by atoms with E-state index in [1.807, 2.05) is 30.3 Å². The van der Waals surface area contributed by atoms with Crippen LogP contribution in [0.3, 0.4) is 0 Å². The fourth-order valence-corrected chi connectivity index (χ4v) is 3.93. The largest absolute Gasteiger partial charge is 0.325 e. The van der Waals surface area contributed by atoms with E-state index in [1.165, 1.54) is 30.1 Å². The Balaban J connectivity index is 1.59. The molecule has 0 saturated heterocycles. The Morgan fingerprint density at radius 2 is 1.63 bits per heavy atom. The number of benzene rings is 2. The Hall–Kier alpha value is -2.84. The number of nitrogens with zero attached hydrogens (tertiary/aromatic N) is 1. The van der Waals surface area contributed by atoms with Crippen LogP contribution in [-0.2, 0) is 14.8 Å². The molecule has 3 rings (SSSR count). The zero-order valence-corrected chi connectivity index (χ0v) is 15.8. The lowest BCUT2D eigenvalue weighted by Gasteiger charge is -2.09. The highest BCUT2D eigenvalue weighted by atomic mass is 32.2. The molecule has 0 spiro atoms. The Morgan fingerprint density at radius 3 is 2.30 bits per heavy atom. The van der Waals surface area contributed by atoms with Gasteiger partial charge >= 0.3 is 0 Å². The van der Waals surface area contributed by atoms with Crippen molar-refractivity contribution in [2.45, 2.75) is 9.79 Å². The van der Waals surface area contributed by atoms with Crippen molar-refractivity contribution in [2.24, 2.45) is 0 Å². The third-order valence-corrected chi connectivity index (χ3v) is 5.85. The van der Waals surface area contributed by atoms with E-state index in [0.717, 1.165) is 4.90 Å². The van der Waals surface area contributed by atoms with Crippen molar-refractivity contribution in [3.05, 3.63) is 79.0 Å². The second-order valence-corrected chi connectivity index (χ2v) is 8.23. The molecule has 1 aromatic heterocycles. The highest BCUT2D eigenvalue weighted by molar-refractivity contribution is 8.00. The minimum absolute atomic E-state index is 0.0878. The molecule has 0 aliphatic heterocycles. The summed E-state index contributed by atoms with van der Waals surface area (Å²) in [6.07, 6.45) is 1.50. The molecule has 138 valence electrons. The van der Waals surface area contributed by atoms with Gasteiger partial charge in [-0.2, -0.15) is 0 Å². The molecule has 2 N–H and O–H groups in total. The highest BCUT2D eigenvalue weighted by Gasteiger charge is 2.14. The first kappa shape index (κ1) is 18.9. The smallest absolute Gasteiger partial charge is 0.263 e. The predicted octanol–water partition coefficient (Wildman–Crippen LogP) is 3.61. The standard InChI is InChI=1S/C19H17N3O3S2/c23-19(14-26-16-6-2-1-3-7-16)21-15-9-11-17(12-10-15)27(24,25)22-18-8-4-5-13-20-18/h1-13H,14H2,(H,20,22)(H,21,23). The minimum Gasteiger partial charge on any atom is -0.325 e. The quantitative estimate of drug-likeness (QED) is 0.593. The van der Waals surface area contributed by atoms with Gasteiger partial charge in [-0.05, 0) is 48.5 Å². The van der Waals surface area contributed by atoms with Crippen molar-refractivity contribution in [1.82, 2.24) is 4.98 Å². The maximum absolute atomic E-state index is 12.4. The summed E-state index contributed by atoms with van der Waals surface area (Å²) in [6.45, 7) is 0. The molecule has 3 aromatic rings.